The number of aryl methyl sites for hydroxylation is 1. The zero-order valence-corrected chi connectivity index (χ0v) is 10.5. The van der Waals surface area contributed by atoms with Gasteiger partial charge in [0.25, 0.3) is 0 Å². The first-order chi connectivity index (χ1) is 8.06. The number of benzene rings is 1. The first-order valence-electron chi connectivity index (χ1n) is 4.81. The third kappa shape index (κ3) is 2.79. The van der Waals surface area contributed by atoms with E-state index in [9.17, 15) is 8.78 Å². The van der Waals surface area contributed by atoms with E-state index in [2.05, 4.69) is 20.9 Å². The van der Waals surface area contributed by atoms with Gasteiger partial charge in [0.05, 0.1) is 0 Å². The smallest absolute Gasteiger partial charge is 0.219 e. The second kappa shape index (κ2) is 4.79. The number of halogens is 3. The second-order valence-electron chi connectivity index (χ2n) is 3.45. The van der Waals surface area contributed by atoms with Crippen molar-refractivity contribution in [3.63, 3.8) is 0 Å². The molecule has 0 fully saturated rings. The van der Waals surface area contributed by atoms with Crippen molar-refractivity contribution in [1.82, 2.24) is 4.98 Å². The third-order valence-corrected chi connectivity index (χ3v) is 2.96. The molecular weight excluding hydrogens is 292 g/mol. The Balaban J connectivity index is 2.28. The standard InChI is InChI=1S/C12H8BrF2NO/c1-7-4-12(16-6-9(7)13)17-11-3-2-8(14)5-10(11)15/h2-6H,1H3. The predicted molar refractivity (Wildman–Crippen MR) is 63.1 cm³/mol. The Bertz CT molecular complexity index is 560. The highest BCUT2D eigenvalue weighted by molar-refractivity contribution is 9.10. The van der Waals surface area contributed by atoms with E-state index in [1.165, 1.54) is 6.07 Å². The summed E-state index contributed by atoms with van der Waals surface area (Å²) in [5.41, 5.74) is 0.914. The van der Waals surface area contributed by atoms with Gasteiger partial charge >= 0.3 is 0 Å². The van der Waals surface area contributed by atoms with Gasteiger partial charge in [0.15, 0.2) is 11.6 Å². The molecule has 2 rings (SSSR count). The van der Waals surface area contributed by atoms with E-state index in [-0.39, 0.29) is 11.6 Å². The normalized spacial score (nSPS) is 10.4. The van der Waals surface area contributed by atoms with Crippen molar-refractivity contribution in [2.24, 2.45) is 0 Å². The predicted octanol–water partition coefficient (Wildman–Crippen LogP) is 4.22. The van der Waals surface area contributed by atoms with Crippen LogP contribution >= 0.6 is 15.9 Å². The fraction of sp³-hybridized carbons (Fsp3) is 0.0833. The van der Waals surface area contributed by atoms with Crippen molar-refractivity contribution in [2.45, 2.75) is 6.92 Å². The van der Waals surface area contributed by atoms with Crippen LogP contribution in [-0.2, 0) is 0 Å². The third-order valence-electron chi connectivity index (χ3n) is 2.13. The van der Waals surface area contributed by atoms with E-state index in [1.54, 1.807) is 12.3 Å². The molecule has 0 N–H and O–H groups in total. The lowest BCUT2D eigenvalue weighted by Crippen LogP contribution is -1.92. The summed E-state index contributed by atoms with van der Waals surface area (Å²) in [6.45, 7) is 1.86. The quantitative estimate of drug-likeness (QED) is 0.828. The molecule has 0 saturated carbocycles. The van der Waals surface area contributed by atoms with E-state index < -0.39 is 11.6 Å². The number of ether oxygens (including phenoxy) is 1. The summed E-state index contributed by atoms with van der Waals surface area (Å²) in [7, 11) is 0. The topological polar surface area (TPSA) is 22.1 Å². The molecular formula is C12H8BrF2NO. The van der Waals surface area contributed by atoms with Crippen molar-refractivity contribution >= 4 is 15.9 Å². The molecule has 5 heteroatoms. The van der Waals surface area contributed by atoms with Gasteiger partial charge in [-0.3, -0.25) is 0 Å². The Hall–Kier alpha value is -1.49. The fourth-order valence-electron chi connectivity index (χ4n) is 1.24. The maximum Gasteiger partial charge on any atom is 0.219 e. The number of hydrogen-bond donors (Lipinski definition) is 0. The maximum absolute atomic E-state index is 13.3. The van der Waals surface area contributed by atoms with Gasteiger partial charge in [-0.2, -0.15) is 0 Å². The van der Waals surface area contributed by atoms with Crippen LogP contribution in [0.5, 0.6) is 11.6 Å². The lowest BCUT2D eigenvalue weighted by atomic mass is 10.3. The summed E-state index contributed by atoms with van der Waals surface area (Å²) in [6, 6.07) is 4.78. The van der Waals surface area contributed by atoms with Crippen molar-refractivity contribution in [3.8, 4) is 11.6 Å². The van der Waals surface area contributed by atoms with Crippen LogP contribution in [0.4, 0.5) is 8.78 Å². The lowest BCUT2D eigenvalue weighted by Gasteiger charge is -2.07. The number of aromatic nitrogens is 1. The van der Waals surface area contributed by atoms with Crippen LogP contribution in [0.2, 0.25) is 0 Å². The van der Waals surface area contributed by atoms with Crippen LogP contribution in [0.25, 0.3) is 0 Å². The number of rotatable bonds is 2. The SMILES string of the molecule is Cc1cc(Oc2ccc(F)cc2F)ncc1Br. The average molecular weight is 300 g/mol. The van der Waals surface area contributed by atoms with E-state index in [4.69, 9.17) is 4.74 Å². The van der Waals surface area contributed by atoms with E-state index in [0.29, 0.717) is 0 Å². The van der Waals surface area contributed by atoms with Gasteiger partial charge in [-0.25, -0.2) is 13.8 Å². The molecule has 0 bridgehead atoms. The van der Waals surface area contributed by atoms with Gasteiger partial charge in [0.2, 0.25) is 5.88 Å². The molecule has 0 saturated heterocycles. The summed E-state index contributed by atoms with van der Waals surface area (Å²) in [5.74, 6) is -1.20. The molecule has 0 atom stereocenters. The van der Waals surface area contributed by atoms with E-state index in [0.717, 1.165) is 22.2 Å². The Kier molecular flexibility index (Phi) is 3.38. The van der Waals surface area contributed by atoms with Crippen LogP contribution < -0.4 is 4.74 Å². The van der Waals surface area contributed by atoms with Gasteiger partial charge in [0.1, 0.15) is 5.82 Å². The minimum absolute atomic E-state index is 0.0550. The van der Waals surface area contributed by atoms with E-state index in [1.807, 2.05) is 6.92 Å². The molecule has 1 aromatic carbocycles. The Morgan fingerprint density at radius 1 is 1.24 bits per heavy atom. The van der Waals surface area contributed by atoms with Crippen LogP contribution in [0, 0.1) is 18.6 Å². The highest BCUT2D eigenvalue weighted by atomic mass is 79.9. The van der Waals surface area contributed by atoms with Gasteiger partial charge in [-0.05, 0) is 40.5 Å². The van der Waals surface area contributed by atoms with E-state index >= 15 is 0 Å². The number of hydrogen-bond acceptors (Lipinski definition) is 2. The second-order valence-corrected chi connectivity index (χ2v) is 4.30. The highest BCUT2D eigenvalue weighted by Crippen LogP contribution is 2.25. The average Bonchev–Trinajstić information content (AvgIpc) is 2.27. The van der Waals surface area contributed by atoms with Gasteiger partial charge in [-0.1, -0.05) is 0 Å². The van der Waals surface area contributed by atoms with Crippen LogP contribution in [0.3, 0.4) is 0 Å². The largest absolute Gasteiger partial charge is 0.436 e. The molecule has 2 nitrogen and oxygen atoms in total. The highest BCUT2D eigenvalue weighted by Gasteiger charge is 2.07. The molecule has 0 spiro atoms. The molecule has 88 valence electrons. The minimum Gasteiger partial charge on any atom is -0.436 e. The van der Waals surface area contributed by atoms with Crippen LogP contribution in [-0.4, -0.2) is 4.98 Å². The Morgan fingerprint density at radius 3 is 2.65 bits per heavy atom. The molecule has 0 unspecified atom stereocenters. The summed E-state index contributed by atoms with van der Waals surface area (Å²) in [6.07, 6.45) is 1.56. The summed E-state index contributed by atoms with van der Waals surface area (Å²) in [4.78, 5) is 3.97. The Morgan fingerprint density at radius 2 is 2.00 bits per heavy atom. The van der Waals surface area contributed by atoms with Gasteiger partial charge in [-0.15, -0.1) is 0 Å². The molecule has 0 aliphatic heterocycles. The van der Waals surface area contributed by atoms with Crippen molar-refractivity contribution in [1.29, 1.82) is 0 Å². The zero-order chi connectivity index (χ0) is 12.4. The van der Waals surface area contributed by atoms with Gasteiger partial charge in [0, 0.05) is 22.8 Å². The number of nitrogens with zero attached hydrogens (tertiary/aromatic N) is 1. The van der Waals surface area contributed by atoms with Crippen molar-refractivity contribution in [2.75, 3.05) is 0 Å². The number of pyridine rings is 1. The van der Waals surface area contributed by atoms with Crippen LogP contribution in [0.1, 0.15) is 5.56 Å². The first kappa shape index (κ1) is 12.0. The van der Waals surface area contributed by atoms with Crippen LogP contribution in [0.15, 0.2) is 34.9 Å². The molecule has 0 amide bonds. The zero-order valence-electron chi connectivity index (χ0n) is 8.88. The van der Waals surface area contributed by atoms with Crippen molar-refractivity contribution < 1.29 is 13.5 Å². The summed E-state index contributed by atoms with van der Waals surface area (Å²) < 4.78 is 32.1. The first-order valence-corrected chi connectivity index (χ1v) is 5.60. The molecule has 0 aliphatic rings. The molecule has 0 radical (unpaired) electrons. The summed E-state index contributed by atoms with van der Waals surface area (Å²) in [5, 5.41) is 0. The monoisotopic (exact) mass is 299 g/mol. The molecule has 1 heterocycles. The maximum atomic E-state index is 13.3. The minimum atomic E-state index is -0.757. The molecule has 17 heavy (non-hydrogen) atoms. The summed E-state index contributed by atoms with van der Waals surface area (Å²) >= 11 is 3.30. The molecule has 2 aromatic rings. The molecule has 1 aromatic heterocycles. The van der Waals surface area contributed by atoms with Gasteiger partial charge < -0.3 is 4.74 Å². The molecule has 0 aliphatic carbocycles. The Labute approximate surface area is 105 Å². The lowest BCUT2D eigenvalue weighted by molar-refractivity contribution is 0.423. The fourth-order valence-corrected chi connectivity index (χ4v) is 1.46. The van der Waals surface area contributed by atoms with Crippen molar-refractivity contribution in [3.05, 3.63) is 52.1 Å².